The molecule has 0 fully saturated rings. The maximum Gasteiger partial charge on any atom is 0.0750 e. The first kappa shape index (κ1) is 13.8. The molecule has 0 aromatic rings. The molecule has 94 valence electrons. The molecule has 1 N–H and O–H groups in total. The number of hydrogen-bond acceptors (Lipinski definition) is 1. The molecule has 0 aromatic carbocycles. The number of hydrogen-bond donors (Lipinski definition) is 1. The minimum atomic E-state index is -0.133. The van der Waals surface area contributed by atoms with Crippen molar-refractivity contribution in [2.24, 2.45) is 0 Å². The van der Waals surface area contributed by atoms with E-state index in [1.807, 2.05) is 0 Å². The Hall–Kier alpha value is -0.300. The van der Waals surface area contributed by atoms with Crippen LogP contribution in [0.2, 0.25) is 0 Å². The van der Waals surface area contributed by atoms with Crippen LogP contribution in [0.5, 0.6) is 0 Å². The average Bonchev–Trinajstić information content (AvgIpc) is 2.34. The van der Waals surface area contributed by atoms with Gasteiger partial charge in [0.25, 0.3) is 0 Å². The van der Waals surface area contributed by atoms with Crippen LogP contribution >= 0.6 is 0 Å². The van der Waals surface area contributed by atoms with Crippen molar-refractivity contribution in [2.45, 2.75) is 83.7 Å². The number of unbranched alkanes of at least 4 members (excludes halogenated alkanes) is 5. The van der Waals surface area contributed by atoms with E-state index in [0.717, 1.165) is 12.8 Å². The molecule has 0 saturated carbocycles. The Labute approximate surface area is 101 Å². The van der Waals surface area contributed by atoms with Gasteiger partial charge in [0.15, 0.2) is 0 Å². The van der Waals surface area contributed by atoms with Crippen molar-refractivity contribution in [3.63, 3.8) is 0 Å². The summed E-state index contributed by atoms with van der Waals surface area (Å²) in [5.41, 5.74) is 1.32. The first-order chi connectivity index (χ1) is 7.84. The van der Waals surface area contributed by atoms with Crippen molar-refractivity contribution in [3.05, 3.63) is 11.6 Å². The second kappa shape index (κ2) is 8.81. The molecule has 0 heterocycles. The molecule has 1 atom stereocenters. The summed E-state index contributed by atoms with van der Waals surface area (Å²) in [7, 11) is 0. The third-order valence-electron chi connectivity index (χ3n) is 3.59. The molecule has 1 heteroatoms. The molecule has 1 rings (SSSR count). The van der Waals surface area contributed by atoms with E-state index in [9.17, 15) is 5.11 Å². The first-order valence-corrected chi connectivity index (χ1v) is 7.21. The molecule has 0 aromatic heterocycles. The number of aliphatic hydroxyl groups excluding tert-OH is 1. The molecule has 0 saturated heterocycles. The zero-order valence-electron chi connectivity index (χ0n) is 10.9. The number of rotatable bonds is 8. The fourth-order valence-corrected chi connectivity index (χ4v) is 2.47. The van der Waals surface area contributed by atoms with Crippen LogP contribution in [-0.2, 0) is 0 Å². The Bertz CT molecular complexity index is 196. The average molecular weight is 224 g/mol. The lowest BCUT2D eigenvalue weighted by atomic mass is 9.93. The van der Waals surface area contributed by atoms with Gasteiger partial charge >= 0.3 is 0 Å². The predicted octanol–water partition coefficient (Wildman–Crippen LogP) is 4.60. The van der Waals surface area contributed by atoms with E-state index < -0.39 is 0 Å². The van der Waals surface area contributed by atoms with Gasteiger partial charge in [-0.2, -0.15) is 0 Å². The van der Waals surface area contributed by atoms with Crippen LogP contribution in [0.4, 0.5) is 0 Å². The quantitative estimate of drug-likeness (QED) is 0.472. The fraction of sp³-hybridized carbons (Fsp3) is 0.867. The highest BCUT2D eigenvalue weighted by Crippen LogP contribution is 2.23. The third-order valence-corrected chi connectivity index (χ3v) is 3.59. The van der Waals surface area contributed by atoms with Crippen LogP contribution < -0.4 is 0 Å². The Kier molecular flexibility index (Phi) is 7.58. The van der Waals surface area contributed by atoms with Gasteiger partial charge in [-0.05, 0) is 37.7 Å². The molecule has 0 amide bonds. The van der Waals surface area contributed by atoms with E-state index in [1.165, 1.54) is 63.4 Å². The largest absolute Gasteiger partial charge is 0.389 e. The molecule has 1 aliphatic rings. The molecule has 0 unspecified atom stereocenters. The Balaban J connectivity index is 2.01. The van der Waals surface area contributed by atoms with Gasteiger partial charge in [0.05, 0.1) is 6.10 Å². The molecule has 1 aliphatic carbocycles. The molecule has 1 nitrogen and oxygen atoms in total. The number of aliphatic hydroxyl groups is 1. The predicted molar refractivity (Wildman–Crippen MR) is 70.6 cm³/mol. The lowest BCUT2D eigenvalue weighted by Gasteiger charge is -2.18. The van der Waals surface area contributed by atoms with Gasteiger partial charge < -0.3 is 5.11 Å². The van der Waals surface area contributed by atoms with Crippen molar-refractivity contribution in [3.8, 4) is 0 Å². The lowest BCUT2D eigenvalue weighted by Crippen LogP contribution is -2.12. The van der Waals surface area contributed by atoms with Crippen LogP contribution in [0, 0.1) is 0 Å². The van der Waals surface area contributed by atoms with Gasteiger partial charge in [0, 0.05) is 0 Å². The second-order valence-corrected chi connectivity index (χ2v) is 5.10. The van der Waals surface area contributed by atoms with Crippen molar-refractivity contribution in [1.29, 1.82) is 0 Å². The summed E-state index contributed by atoms with van der Waals surface area (Å²) >= 11 is 0. The van der Waals surface area contributed by atoms with Crippen LogP contribution in [0.15, 0.2) is 11.6 Å². The molecular formula is C15H28O. The number of allylic oxidation sites excluding steroid dienone is 1. The second-order valence-electron chi connectivity index (χ2n) is 5.10. The molecule has 0 spiro atoms. The first-order valence-electron chi connectivity index (χ1n) is 7.21. The summed E-state index contributed by atoms with van der Waals surface area (Å²) in [5.74, 6) is 0. The molecule has 16 heavy (non-hydrogen) atoms. The van der Waals surface area contributed by atoms with Gasteiger partial charge in [-0.25, -0.2) is 0 Å². The maximum atomic E-state index is 10.0. The monoisotopic (exact) mass is 224 g/mol. The highest BCUT2D eigenvalue weighted by molar-refractivity contribution is 5.10. The SMILES string of the molecule is CCCCCCCC[C@@H](O)C1=CCCCC1. The van der Waals surface area contributed by atoms with E-state index >= 15 is 0 Å². The zero-order chi connectivity index (χ0) is 11.6. The van der Waals surface area contributed by atoms with Crippen molar-refractivity contribution < 1.29 is 5.11 Å². The molecular weight excluding hydrogens is 196 g/mol. The Morgan fingerprint density at radius 3 is 2.56 bits per heavy atom. The van der Waals surface area contributed by atoms with Gasteiger partial charge in [-0.3, -0.25) is 0 Å². The van der Waals surface area contributed by atoms with Gasteiger partial charge in [-0.1, -0.05) is 51.5 Å². The maximum absolute atomic E-state index is 10.0. The smallest absolute Gasteiger partial charge is 0.0750 e. The molecule has 0 aliphatic heterocycles. The lowest BCUT2D eigenvalue weighted by molar-refractivity contribution is 0.189. The Morgan fingerprint density at radius 2 is 1.88 bits per heavy atom. The van der Waals surface area contributed by atoms with Crippen LogP contribution in [0.1, 0.15) is 77.6 Å². The van der Waals surface area contributed by atoms with Gasteiger partial charge in [-0.15, -0.1) is 0 Å². The summed E-state index contributed by atoms with van der Waals surface area (Å²) in [6.45, 7) is 2.25. The van der Waals surface area contributed by atoms with Crippen molar-refractivity contribution >= 4 is 0 Å². The fourth-order valence-electron chi connectivity index (χ4n) is 2.47. The molecule has 0 radical (unpaired) electrons. The minimum Gasteiger partial charge on any atom is -0.389 e. The van der Waals surface area contributed by atoms with Gasteiger partial charge in [0.2, 0.25) is 0 Å². The van der Waals surface area contributed by atoms with E-state index in [2.05, 4.69) is 13.0 Å². The van der Waals surface area contributed by atoms with E-state index in [1.54, 1.807) is 0 Å². The van der Waals surface area contributed by atoms with Crippen LogP contribution in [0.3, 0.4) is 0 Å². The van der Waals surface area contributed by atoms with Crippen molar-refractivity contribution in [2.75, 3.05) is 0 Å². The topological polar surface area (TPSA) is 20.2 Å². The summed E-state index contributed by atoms with van der Waals surface area (Å²) < 4.78 is 0. The van der Waals surface area contributed by atoms with Gasteiger partial charge in [0.1, 0.15) is 0 Å². The summed E-state index contributed by atoms with van der Waals surface area (Å²) in [5, 5.41) is 10.0. The summed E-state index contributed by atoms with van der Waals surface area (Å²) in [4.78, 5) is 0. The highest BCUT2D eigenvalue weighted by Gasteiger charge is 2.12. The standard InChI is InChI=1S/C15H28O/c1-2-3-4-5-6-10-13-15(16)14-11-8-7-9-12-14/h11,15-16H,2-10,12-13H2,1H3/t15-/m1/s1. The molecule has 0 bridgehead atoms. The highest BCUT2D eigenvalue weighted by atomic mass is 16.3. The normalized spacial score (nSPS) is 18.2. The van der Waals surface area contributed by atoms with Crippen LogP contribution in [0.25, 0.3) is 0 Å². The van der Waals surface area contributed by atoms with E-state index in [4.69, 9.17) is 0 Å². The minimum absolute atomic E-state index is 0.133. The van der Waals surface area contributed by atoms with E-state index in [0.29, 0.717) is 0 Å². The van der Waals surface area contributed by atoms with E-state index in [-0.39, 0.29) is 6.10 Å². The third kappa shape index (κ3) is 5.69. The summed E-state index contributed by atoms with van der Waals surface area (Å²) in [6.07, 6.45) is 15.9. The van der Waals surface area contributed by atoms with Crippen LogP contribution in [-0.4, -0.2) is 11.2 Å². The summed E-state index contributed by atoms with van der Waals surface area (Å²) in [6, 6.07) is 0. The zero-order valence-corrected chi connectivity index (χ0v) is 10.9. The Morgan fingerprint density at radius 1 is 1.12 bits per heavy atom. The van der Waals surface area contributed by atoms with Crippen molar-refractivity contribution in [1.82, 2.24) is 0 Å².